The minimum atomic E-state index is -0.567. The minimum Gasteiger partial charge on any atom is -0.389 e. The molecule has 0 radical (unpaired) electrons. The Bertz CT molecular complexity index is 756. The molecule has 1 atom stereocenters. The van der Waals surface area contributed by atoms with Gasteiger partial charge in [0, 0.05) is 37.5 Å². The first-order valence-electron chi connectivity index (χ1n) is 10.6. The van der Waals surface area contributed by atoms with Crippen LogP contribution in [0.25, 0.3) is 11.3 Å². The van der Waals surface area contributed by atoms with E-state index in [1.165, 1.54) is 48.8 Å². The molecule has 1 saturated heterocycles. The molecule has 4 rings (SSSR count). The van der Waals surface area contributed by atoms with E-state index in [1.54, 1.807) is 0 Å². The predicted molar refractivity (Wildman–Crippen MR) is 110 cm³/mol. The Balaban J connectivity index is 1.52. The summed E-state index contributed by atoms with van der Waals surface area (Å²) in [6, 6.07) is 9.13. The molecular weight excluding hydrogens is 334 g/mol. The number of rotatable bonds is 4. The number of nitrogens with zero attached hydrogens (tertiary/aromatic N) is 3. The Morgan fingerprint density at radius 1 is 1.11 bits per heavy atom. The molecule has 1 unspecified atom stereocenters. The minimum absolute atomic E-state index is 0.567. The Hall–Kier alpha value is -1.65. The molecule has 2 aromatic rings. The first kappa shape index (κ1) is 18.7. The van der Waals surface area contributed by atoms with Crippen LogP contribution in [0.1, 0.15) is 68.9 Å². The van der Waals surface area contributed by atoms with E-state index in [0.717, 1.165) is 44.1 Å². The second kappa shape index (κ2) is 7.76. The number of benzene rings is 1. The number of aromatic nitrogens is 2. The van der Waals surface area contributed by atoms with Crippen LogP contribution in [-0.2, 0) is 13.6 Å². The van der Waals surface area contributed by atoms with E-state index in [4.69, 9.17) is 5.10 Å². The van der Waals surface area contributed by atoms with Crippen molar-refractivity contribution in [1.82, 2.24) is 14.7 Å². The highest BCUT2D eigenvalue weighted by atomic mass is 16.3. The summed E-state index contributed by atoms with van der Waals surface area (Å²) in [5.41, 5.74) is 4.46. The molecule has 1 aromatic carbocycles. The molecule has 0 spiro atoms. The summed E-state index contributed by atoms with van der Waals surface area (Å²) < 4.78 is 1.92. The van der Waals surface area contributed by atoms with Crippen LogP contribution in [0.15, 0.2) is 30.5 Å². The molecule has 4 nitrogen and oxygen atoms in total. The van der Waals surface area contributed by atoms with E-state index in [2.05, 4.69) is 35.4 Å². The van der Waals surface area contributed by atoms with Crippen molar-refractivity contribution in [2.75, 3.05) is 13.1 Å². The van der Waals surface area contributed by atoms with Gasteiger partial charge in [-0.2, -0.15) is 5.10 Å². The third-order valence-corrected chi connectivity index (χ3v) is 6.31. The van der Waals surface area contributed by atoms with Crippen molar-refractivity contribution in [2.24, 2.45) is 7.05 Å². The lowest BCUT2D eigenvalue weighted by Gasteiger charge is -2.36. The van der Waals surface area contributed by atoms with Crippen LogP contribution in [-0.4, -0.2) is 38.5 Å². The lowest BCUT2D eigenvalue weighted by Crippen LogP contribution is -2.45. The Morgan fingerprint density at radius 3 is 2.56 bits per heavy atom. The fourth-order valence-corrected chi connectivity index (χ4v) is 4.94. The largest absolute Gasteiger partial charge is 0.389 e. The molecule has 146 valence electrons. The molecule has 1 saturated carbocycles. The molecule has 4 heteroatoms. The molecule has 1 aromatic heterocycles. The highest BCUT2D eigenvalue weighted by Gasteiger charge is 2.29. The number of likely N-dealkylation sites (tertiary alicyclic amines) is 1. The molecule has 2 fully saturated rings. The quantitative estimate of drug-likeness (QED) is 0.866. The number of aryl methyl sites for hydroxylation is 1. The van der Waals surface area contributed by atoms with Crippen LogP contribution in [0, 0.1) is 0 Å². The topological polar surface area (TPSA) is 41.3 Å². The molecule has 1 aliphatic heterocycles. The summed E-state index contributed by atoms with van der Waals surface area (Å²) in [5, 5.41) is 15.2. The van der Waals surface area contributed by atoms with Gasteiger partial charge in [-0.1, -0.05) is 43.5 Å². The third kappa shape index (κ3) is 4.44. The van der Waals surface area contributed by atoms with E-state index < -0.39 is 5.60 Å². The van der Waals surface area contributed by atoms with E-state index in [0.29, 0.717) is 0 Å². The van der Waals surface area contributed by atoms with Gasteiger partial charge in [0.15, 0.2) is 0 Å². The van der Waals surface area contributed by atoms with E-state index in [-0.39, 0.29) is 0 Å². The monoisotopic (exact) mass is 367 g/mol. The van der Waals surface area contributed by atoms with Gasteiger partial charge in [0.05, 0.1) is 11.3 Å². The zero-order valence-electron chi connectivity index (χ0n) is 16.8. The van der Waals surface area contributed by atoms with Crippen molar-refractivity contribution in [3.63, 3.8) is 0 Å². The molecule has 0 bridgehead atoms. The van der Waals surface area contributed by atoms with E-state index in [9.17, 15) is 5.11 Å². The van der Waals surface area contributed by atoms with Crippen molar-refractivity contribution in [3.05, 3.63) is 41.6 Å². The summed E-state index contributed by atoms with van der Waals surface area (Å²) in [5.74, 6) is 0.742. The normalized spacial score (nSPS) is 25.0. The number of hydrogen-bond acceptors (Lipinski definition) is 3. The van der Waals surface area contributed by atoms with E-state index >= 15 is 0 Å². The summed E-state index contributed by atoms with van der Waals surface area (Å²) in [6.07, 6.45) is 10.9. The van der Waals surface area contributed by atoms with E-state index in [1.807, 2.05) is 18.7 Å². The maximum Gasteiger partial charge on any atom is 0.0968 e. The van der Waals surface area contributed by atoms with Gasteiger partial charge in [0.1, 0.15) is 0 Å². The van der Waals surface area contributed by atoms with Crippen molar-refractivity contribution >= 4 is 0 Å². The number of aliphatic hydroxyl groups is 1. The predicted octanol–water partition coefficient (Wildman–Crippen LogP) is 4.48. The van der Waals surface area contributed by atoms with Gasteiger partial charge in [0.25, 0.3) is 0 Å². The second-order valence-electron chi connectivity index (χ2n) is 8.94. The average molecular weight is 368 g/mol. The van der Waals surface area contributed by atoms with Crippen molar-refractivity contribution in [1.29, 1.82) is 0 Å². The average Bonchev–Trinajstić information content (AvgIpc) is 3.02. The number of piperidine rings is 1. The molecule has 27 heavy (non-hydrogen) atoms. The van der Waals surface area contributed by atoms with Crippen LogP contribution in [0.5, 0.6) is 0 Å². The summed E-state index contributed by atoms with van der Waals surface area (Å²) in [7, 11) is 2.00. The van der Waals surface area contributed by atoms with Crippen LogP contribution in [0.2, 0.25) is 0 Å². The summed E-state index contributed by atoms with van der Waals surface area (Å²) in [4.78, 5) is 2.36. The van der Waals surface area contributed by atoms with Gasteiger partial charge in [-0.3, -0.25) is 9.58 Å². The molecule has 2 heterocycles. The number of hydrogen-bond donors (Lipinski definition) is 1. The SMILES string of the molecule is Cn1cc(CN2CCCC(C)(O)C2)c(-c2ccc(C3CCCCC3)cc2)n1. The first-order valence-corrected chi connectivity index (χ1v) is 10.6. The van der Waals surface area contributed by atoms with Gasteiger partial charge < -0.3 is 5.11 Å². The van der Waals surface area contributed by atoms with Crippen molar-refractivity contribution in [3.8, 4) is 11.3 Å². The standard InChI is InChI=1S/C23H33N3O/c1-23(27)13-6-14-26(17-23)16-21-15-25(2)24-22(21)20-11-9-19(10-12-20)18-7-4-3-5-8-18/h9-12,15,18,27H,3-8,13-14,16-17H2,1-2H3. The zero-order chi connectivity index (χ0) is 18.9. The third-order valence-electron chi connectivity index (χ3n) is 6.31. The highest BCUT2D eigenvalue weighted by molar-refractivity contribution is 5.63. The molecule has 0 amide bonds. The Morgan fingerprint density at radius 2 is 1.85 bits per heavy atom. The second-order valence-corrected chi connectivity index (χ2v) is 8.94. The van der Waals surface area contributed by atoms with Crippen LogP contribution in [0.4, 0.5) is 0 Å². The maximum absolute atomic E-state index is 10.4. The Labute approximate surface area is 163 Å². The van der Waals surface area contributed by atoms with Crippen LogP contribution in [0.3, 0.4) is 0 Å². The van der Waals surface area contributed by atoms with Gasteiger partial charge in [-0.05, 0) is 50.6 Å². The van der Waals surface area contributed by atoms with Gasteiger partial charge >= 0.3 is 0 Å². The smallest absolute Gasteiger partial charge is 0.0968 e. The fourth-order valence-electron chi connectivity index (χ4n) is 4.94. The lowest BCUT2D eigenvalue weighted by molar-refractivity contribution is -0.0181. The molecule has 1 N–H and O–H groups in total. The molecule has 1 aliphatic carbocycles. The van der Waals surface area contributed by atoms with Crippen LogP contribution < -0.4 is 0 Å². The highest BCUT2D eigenvalue weighted by Crippen LogP contribution is 2.34. The van der Waals surface area contributed by atoms with Crippen molar-refractivity contribution < 1.29 is 5.11 Å². The number of β-amino-alcohol motifs (C(OH)–C–C–N with tert-alkyl or cyclic N) is 1. The Kier molecular flexibility index (Phi) is 5.38. The zero-order valence-corrected chi connectivity index (χ0v) is 16.8. The first-order chi connectivity index (χ1) is 13.0. The maximum atomic E-state index is 10.4. The van der Waals surface area contributed by atoms with Crippen LogP contribution >= 0.6 is 0 Å². The van der Waals surface area contributed by atoms with Gasteiger partial charge in [-0.25, -0.2) is 0 Å². The molecular formula is C23H33N3O. The van der Waals surface area contributed by atoms with Gasteiger partial charge in [0.2, 0.25) is 0 Å². The fraction of sp³-hybridized carbons (Fsp3) is 0.609. The van der Waals surface area contributed by atoms with Crippen molar-refractivity contribution in [2.45, 2.75) is 69.9 Å². The summed E-state index contributed by atoms with van der Waals surface area (Å²) in [6.45, 7) is 4.59. The molecule has 2 aliphatic rings. The summed E-state index contributed by atoms with van der Waals surface area (Å²) >= 11 is 0. The lowest BCUT2D eigenvalue weighted by atomic mass is 9.84. The van der Waals surface area contributed by atoms with Gasteiger partial charge in [-0.15, -0.1) is 0 Å².